The first-order valence-corrected chi connectivity index (χ1v) is 11.5. The molecule has 0 bridgehead atoms. The summed E-state index contributed by atoms with van der Waals surface area (Å²) >= 11 is 0. The summed E-state index contributed by atoms with van der Waals surface area (Å²) in [5.74, 6) is 0.332. The van der Waals surface area contributed by atoms with Gasteiger partial charge in [0.05, 0.1) is 22.4 Å². The summed E-state index contributed by atoms with van der Waals surface area (Å²) in [4.78, 5) is 0. The molecule has 1 aromatic carbocycles. The van der Waals surface area contributed by atoms with Crippen molar-refractivity contribution in [3.8, 4) is 0 Å². The Morgan fingerprint density at radius 2 is 1.10 bits per heavy atom. The monoisotopic (exact) mass is 414 g/mol. The molecular formula is C24H40B2O4. The van der Waals surface area contributed by atoms with Crippen LogP contribution < -0.4 is 0 Å². The van der Waals surface area contributed by atoms with Crippen molar-refractivity contribution in [1.82, 2.24) is 0 Å². The zero-order valence-electron chi connectivity index (χ0n) is 20.5. The SMILES string of the molecule is CC(CCCc1ccccc1)C(B1OC(C)(C)C(C)(C)O1)B1OC(C)(C)C(C)(C)O1. The Morgan fingerprint density at radius 3 is 1.50 bits per heavy atom. The largest absolute Gasteiger partial charge is 0.459 e. The predicted molar refractivity (Wildman–Crippen MR) is 124 cm³/mol. The van der Waals surface area contributed by atoms with Gasteiger partial charge in [0.2, 0.25) is 0 Å². The first kappa shape index (κ1) is 23.8. The van der Waals surface area contributed by atoms with Gasteiger partial charge in [0.25, 0.3) is 0 Å². The van der Waals surface area contributed by atoms with Gasteiger partial charge in [-0.25, -0.2) is 0 Å². The van der Waals surface area contributed by atoms with Gasteiger partial charge in [-0.05, 0) is 79.7 Å². The fourth-order valence-electron chi connectivity index (χ4n) is 4.22. The van der Waals surface area contributed by atoms with Crippen molar-refractivity contribution in [2.75, 3.05) is 0 Å². The lowest BCUT2D eigenvalue weighted by Crippen LogP contribution is -2.42. The van der Waals surface area contributed by atoms with Gasteiger partial charge in [0, 0.05) is 5.72 Å². The zero-order chi connectivity index (χ0) is 22.4. The third-order valence-electron chi connectivity index (χ3n) is 7.80. The third kappa shape index (κ3) is 4.67. The molecule has 0 aliphatic carbocycles. The van der Waals surface area contributed by atoms with E-state index in [2.05, 4.69) is 92.6 Å². The van der Waals surface area contributed by atoms with Gasteiger partial charge in [0.1, 0.15) is 0 Å². The molecule has 2 heterocycles. The van der Waals surface area contributed by atoms with E-state index in [9.17, 15) is 0 Å². The van der Waals surface area contributed by atoms with Crippen LogP contribution in [-0.4, -0.2) is 36.6 Å². The molecule has 2 fully saturated rings. The highest BCUT2D eigenvalue weighted by Crippen LogP contribution is 2.48. The van der Waals surface area contributed by atoms with E-state index in [1.165, 1.54) is 5.56 Å². The molecule has 1 unspecified atom stereocenters. The van der Waals surface area contributed by atoms with E-state index >= 15 is 0 Å². The van der Waals surface area contributed by atoms with E-state index in [1.54, 1.807) is 0 Å². The molecule has 0 spiro atoms. The number of hydrogen-bond acceptors (Lipinski definition) is 4. The van der Waals surface area contributed by atoms with Crippen molar-refractivity contribution in [3.63, 3.8) is 0 Å². The van der Waals surface area contributed by atoms with Crippen LogP contribution in [-0.2, 0) is 25.0 Å². The first-order valence-electron chi connectivity index (χ1n) is 11.5. The maximum atomic E-state index is 6.48. The molecule has 1 aromatic rings. The first-order chi connectivity index (χ1) is 13.8. The van der Waals surface area contributed by atoms with Crippen LogP contribution in [0, 0.1) is 5.92 Å². The highest BCUT2D eigenvalue weighted by atomic mass is 16.7. The molecule has 4 nitrogen and oxygen atoms in total. The van der Waals surface area contributed by atoms with Crippen molar-refractivity contribution < 1.29 is 18.6 Å². The minimum atomic E-state index is -0.372. The van der Waals surface area contributed by atoms with Crippen LogP contribution in [0.4, 0.5) is 0 Å². The normalized spacial score (nSPS) is 25.1. The van der Waals surface area contributed by atoms with E-state index in [0.29, 0.717) is 5.92 Å². The lowest BCUT2D eigenvalue weighted by molar-refractivity contribution is 0.00578. The standard InChI is InChI=1S/C24H40B2O4/c1-18(14-13-17-19-15-11-10-12-16-19)20(25-27-21(2,3)22(4,5)28-25)26-29-23(6,7)24(8,9)30-26/h10-12,15-16,18,20H,13-14,17H2,1-9H3. The van der Waals surface area contributed by atoms with E-state index in [1.807, 2.05) is 0 Å². The number of rotatable bonds is 7. The van der Waals surface area contributed by atoms with E-state index in [-0.39, 0.29) is 42.4 Å². The molecule has 2 saturated heterocycles. The fraction of sp³-hybridized carbons (Fsp3) is 0.750. The molecular weight excluding hydrogens is 374 g/mol. The molecule has 166 valence electrons. The van der Waals surface area contributed by atoms with Crippen LogP contribution >= 0.6 is 0 Å². The topological polar surface area (TPSA) is 36.9 Å². The summed E-state index contributed by atoms with van der Waals surface area (Å²) < 4.78 is 25.9. The molecule has 30 heavy (non-hydrogen) atoms. The molecule has 0 aromatic heterocycles. The number of benzene rings is 1. The highest BCUT2D eigenvalue weighted by molar-refractivity contribution is 6.68. The molecule has 0 radical (unpaired) electrons. The Labute approximate surface area is 184 Å². The van der Waals surface area contributed by atoms with Crippen molar-refractivity contribution in [2.45, 2.75) is 110 Å². The molecule has 1 atom stereocenters. The van der Waals surface area contributed by atoms with Crippen LogP contribution in [0.1, 0.15) is 80.7 Å². The van der Waals surface area contributed by atoms with Crippen molar-refractivity contribution in [1.29, 1.82) is 0 Å². The van der Waals surface area contributed by atoms with Gasteiger partial charge >= 0.3 is 14.2 Å². The van der Waals surface area contributed by atoms with Crippen LogP contribution in [0.25, 0.3) is 0 Å². The second-order valence-electron chi connectivity index (χ2n) is 11.2. The van der Waals surface area contributed by atoms with Crippen molar-refractivity contribution >= 4 is 14.2 Å². The Balaban J connectivity index is 1.76. The Morgan fingerprint density at radius 1 is 0.700 bits per heavy atom. The average Bonchev–Trinajstić information content (AvgIpc) is 2.95. The fourth-order valence-corrected chi connectivity index (χ4v) is 4.22. The van der Waals surface area contributed by atoms with E-state index in [0.717, 1.165) is 19.3 Å². The lowest BCUT2D eigenvalue weighted by atomic mass is 9.46. The maximum absolute atomic E-state index is 6.48. The van der Waals surface area contributed by atoms with Crippen LogP contribution in [0.15, 0.2) is 30.3 Å². The second kappa shape index (κ2) is 8.27. The van der Waals surface area contributed by atoms with Crippen LogP contribution in [0.2, 0.25) is 5.72 Å². The van der Waals surface area contributed by atoms with Crippen molar-refractivity contribution in [3.05, 3.63) is 35.9 Å². The van der Waals surface area contributed by atoms with Crippen molar-refractivity contribution in [2.24, 2.45) is 5.92 Å². The quantitative estimate of drug-likeness (QED) is 0.534. The summed E-state index contributed by atoms with van der Waals surface area (Å²) in [6.45, 7) is 19.1. The average molecular weight is 414 g/mol. The van der Waals surface area contributed by atoms with Crippen LogP contribution in [0.3, 0.4) is 0 Å². The van der Waals surface area contributed by atoms with Gasteiger partial charge in [-0.2, -0.15) is 0 Å². The van der Waals surface area contributed by atoms with Gasteiger partial charge in [-0.1, -0.05) is 43.7 Å². The summed E-state index contributed by atoms with van der Waals surface area (Å²) in [6.07, 6.45) is 3.25. The number of hydrogen-bond donors (Lipinski definition) is 0. The van der Waals surface area contributed by atoms with E-state index in [4.69, 9.17) is 18.6 Å². The number of aryl methyl sites for hydroxylation is 1. The molecule has 0 N–H and O–H groups in total. The molecule has 6 heteroatoms. The summed E-state index contributed by atoms with van der Waals surface area (Å²) in [6, 6.07) is 10.7. The Kier molecular flexibility index (Phi) is 6.58. The van der Waals surface area contributed by atoms with Gasteiger partial charge in [-0.3, -0.25) is 0 Å². The van der Waals surface area contributed by atoms with Gasteiger partial charge < -0.3 is 18.6 Å². The molecule has 2 aliphatic heterocycles. The van der Waals surface area contributed by atoms with Crippen LogP contribution in [0.5, 0.6) is 0 Å². The maximum Gasteiger partial charge on any atom is 0.459 e. The summed E-state index contributed by atoms with van der Waals surface area (Å²) in [5.41, 5.74) is -0.102. The summed E-state index contributed by atoms with van der Waals surface area (Å²) in [5, 5.41) is 0. The van der Waals surface area contributed by atoms with E-state index < -0.39 is 0 Å². The summed E-state index contributed by atoms with van der Waals surface area (Å²) in [7, 11) is -0.701. The second-order valence-corrected chi connectivity index (χ2v) is 11.2. The van der Waals surface area contributed by atoms with Gasteiger partial charge in [0.15, 0.2) is 0 Å². The molecule has 3 rings (SSSR count). The molecule has 2 aliphatic rings. The molecule has 0 amide bonds. The Hall–Kier alpha value is -0.810. The smallest absolute Gasteiger partial charge is 0.403 e. The Bertz CT molecular complexity index is 649. The zero-order valence-corrected chi connectivity index (χ0v) is 20.5. The molecule has 0 saturated carbocycles. The minimum Gasteiger partial charge on any atom is -0.403 e. The minimum absolute atomic E-state index is 0.00266. The predicted octanol–water partition coefficient (Wildman–Crippen LogP) is 5.74. The third-order valence-corrected chi connectivity index (χ3v) is 7.80. The lowest BCUT2D eigenvalue weighted by Gasteiger charge is -2.32. The van der Waals surface area contributed by atoms with Gasteiger partial charge in [-0.15, -0.1) is 0 Å². The highest BCUT2D eigenvalue weighted by Gasteiger charge is 2.62.